The van der Waals surface area contributed by atoms with E-state index in [9.17, 15) is 13.2 Å². The number of carbonyl (C=O) groups excluding carboxylic acids is 1. The van der Waals surface area contributed by atoms with Crippen LogP contribution in [0.4, 0.5) is 0 Å². The van der Waals surface area contributed by atoms with E-state index in [-0.39, 0.29) is 15.5 Å². The summed E-state index contributed by atoms with van der Waals surface area (Å²) < 4.78 is 30.9. The number of nitrogens with zero attached hydrogens (tertiary/aromatic N) is 1. The van der Waals surface area contributed by atoms with Crippen molar-refractivity contribution >= 4 is 27.6 Å². The van der Waals surface area contributed by atoms with E-state index in [4.69, 9.17) is 11.6 Å². The highest BCUT2D eigenvalue weighted by atomic mass is 35.5. The average molecular weight is 319 g/mol. The van der Waals surface area contributed by atoms with E-state index < -0.39 is 16.0 Å². The molecule has 0 saturated carbocycles. The zero-order valence-electron chi connectivity index (χ0n) is 10.9. The van der Waals surface area contributed by atoms with E-state index in [0.717, 1.165) is 0 Å². The van der Waals surface area contributed by atoms with Gasteiger partial charge in [-0.25, -0.2) is 13.2 Å². The second-order valence-corrected chi connectivity index (χ2v) is 6.60. The van der Waals surface area contributed by atoms with Gasteiger partial charge in [0, 0.05) is 26.2 Å². The van der Waals surface area contributed by atoms with Crippen LogP contribution in [0.1, 0.15) is 10.4 Å². The summed E-state index contributed by atoms with van der Waals surface area (Å²) in [7, 11) is -2.38. The summed E-state index contributed by atoms with van der Waals surface area (Å²) in [6.45, 7) is 2.02. The third kappa shape index (κ3) is 2.95. The van der Waals surface area contributed by atoms with E-state index in [0.29, 0.717) is 26.2 Å². The lowest BCUT2D eigenvalue weighted by atomic mass is 10.2. The zero-order chi connectivity index (χ0) is 14.8. The molecule has 0 spiro atoms. The number of rotatable bonds is 3. The van der Waals surface area contributed by atoms with Crippen LogP contribution in [-0.4, -0.2) is 52.0 Å². The Hall–Kier alpha value is -1.15. The maximum Gasteiger partial charge on any atom is 0.337 e. The fourth-order valence-corrected chi connectivity index (χ4v) is 3.94. The van der Waals surface area contributed by atoms with Crippen LogP contribution in [-0.2, 0) is 14.8 Å². The maximum absolute atomic E-state index is 12.5. The molecular formula is C12H15ClN2O4S. The second kappa shape index (κ2) is 6.09. The Kier molecular flexibility index (Phi) is 4.64. The Labute approximate surface area is 122 Å². The molecule has 0 aromatic heterocycles. The van der Waals surface area contributed by atoms with Gasteiger partial charge >= 0.3 is 5.97 Å². The summed E-state index contributed by atoms with van der Waals surface area (Å²) in [5, 5.41) is 3.10. The highest BCUT2D eigenvalue weighted by molar-refractivity contribution is 7.89. The first kappa shape index (κ1) is 15.2. The van der Waals surface area contributed by atoms with Crippen molar-refractivity contribution in [3.8, 4) is 0 Å². The molecule has 1 aliphatic rings. The molecule has 0 bridgehead atoms. The Morgan fingerprint density at radius 2 is 2.00 bits per heavy atom. The van der Waals surface area contributed by atoms with E-state index in [1.807, 2.05) is 0 Å². The molecule has 0 radical (unpaired) electrons. The first-order valence-corrected chi connectivity index (χ1v) is 7.87. The van der Waals surface area contributed by atoms with Crippen molar-refractivity contribution in [1.29, 1.82) is 0 Å². The molecule has 1 N–H and O–H groups in total. The Bertz CT molecular complexity index is 612. The number of halogens is 1. The minimum Gasteiger partial charge on any atom is -0.465 e. The lowest BCUT2D eigenvalue weighted by Crippen LogP contribution is -2.46. The summed E-state index contributed by atoms with van der Waals surface area (Å²) in [6.07, 6.45) is 0. The quantitative estimate of drug-likeness (QED) is 0.831. The zero-order valence-corrected chi connectivity index (χ0v) is 12.5. The average Bonchev–Trinajstić information content (AvgIpc) is 2.47. The number of ether oxygens (including phenoxy) is 1. The molecule has 0 unspecified atom stereocenters. The van der Waals surface area contributed by atoms with Crippen LogP contribution in [0.5, 0.6) is 0 Å². The van der Waals surface area contributed by atoms with Gasteiger partial charge in [-0.2, -0.15) is 4.31 Å². The van der Waals surface area contributed by atoms with Crippen LogP contribution in [0, 0.1) is 0 Å². The van der Waals surface area contributed by atoms with Crippen molar-refractivity contribution in [2.24, 2.45) is 0 Å². The van der Waals surface area contributed by atoms with Crippen LogP contribution < -0.4 is 5.32 Å². The Balaban J connectivity index is 2.34. The minimum atomic E-state index is -3.63. The fourth-order valence-electron chi connectivity index (χ4n) is 1.98. The molecule has 8 heteroatoms. The summed E-state index contributed by atoms with van der Waals surface area (Å²) >= 11 is 6.00. The lowest BCUT2D eigenvalue weighted by Gasteiger charge is -2.27. The molecule has 20 heavy (non-hydrogen) atoms. The fraction of sp³-hybridized carbons (Fsp3) is 0.417. The Morgan fingerprint density at radius 1 is 1.35 bits per heavy atom. The topological polar surface area (TPSA) is 75.7 Å². The van der Waals surface area contributed by atoms with E-state index >= 15 is 0 Å². The molecule has 0 amide bonds. The van der Waals surface area contributed by atoms with Crippen molar-refractivity contribution < 1.29 is 17.9 Å². The SMILES string of the molecule is COC(=O)c1ccc(S(=O)(=O)N2CCNCC2)c(Cl)c1. The summed E-state index contributed by atoms with van der Waals surface area (Å²) in [6, 6.07) is 4.04. The first-order valence-electron chi connectivity index (χ1n) is 6.05. The molecule has 6 nitrogen and oxygen atoms in total. The van der Waals surface area contributed by atoms with Crippen molar-refractivity contribution in [3.63, 3.8) is 0 Å². The first-order chi connectivity index (χ1) is 9.46. The summed E-state index contributed by atoms with van der Waals surface area (Å²) in [4.78, 5) is 11.4. The number of sulfonamides is 1. The van der Waals surface area contributed by atoms with Crippen LogP contribution in [0.15, 0.2) is 23.1 Å². The predicted molar refractivity (Wildman–Crippen MR) is 74.4 cm³/mol. The largest absolute Gasteiger partial charge is 0.465 e. The van der Waals surface area contributed by atoms with Gasteiger partial charge in [0.1, 0.15) is 4.90 Å². The third-order valence-electron chi connectivity index (χ3n) is 3.05. The molecule has 0 aliphatic carbocycles. The number of benzene rings is 1. The van der Waals surface area contributed by atoms with Crippen LogP contribution >= 0.6 is 11.6 Å². The van der Waals surface area contributed by atoms with Crippen LogP contribution in [0.3, 0.4) is 0 Å². The number of esters is 1. The van der Waals surface area contributed by atoms with Crippen LogP contribution in [0.25, 0.3) is 0 Å². The van der Waals surface area contributed by atoms with E-state index in [1.54, 1.807) is 0 Å². The van der Waals surface area contributed by atoms with E-state index in [1.165, 1.54) is 29.6 Å². The van der Waals surface area contributed by atoms with Crippen molar-refractivity contribution in [2.45, 2.75) is 4.90 Å². The number of methoxy groups -OCH3 is 1. The molecule has 1 fully saturated rings. The smallest absolute Gasteiger partial charge is 0.337 e. The number of hydrogen-bond donors (Lipinski definition) is 1. The van der Waals surface area contributed by atoms with Gasteiger partial charge in [-0.15, -0.1) is 0 Å². The maximum atomic E-state index is 12.5. The van der Waals surface area contributed by atoms with Crippen LogP contribution in [0.2, 0.25) is 5.02 Å². The molecular weight excluding hydrogens is 304 g/mol. The van der Waals surface area contributed by atoms with Gasteiger partial charge < -0.3 is 10.1 Å². The van der Waals surface area contributed by atoms with Gasteiger partial charge in [0.25, 0.3) is 0 Å². The molecule has 1 heterocycles. The van der Waals surface area contributed by atoms with E-state index in [2.05, 4.69) is 10.1 Å². The highest BCUT2D eigenvalue weighted by Gasteiger charge is 2.28. The predicted octanol–water partition coefficient (Wildman–Crippen LogP) is 0.720. The molecule has 0 atom stereocenters. The standard InChI is InChI=1S/C12H15ClN2O4S/c1-19-12(16)9-2-3-11(10(13)8-9)20(17,18)15-6-4-14-5-7-15/h2-3,8,14H,4-7H2,1H3. The monoisotopic (exact) mass is 318 g/mol. The van der Waals surface area contributed by atoms with Gasteiger partial charge in [-0.05, 0) is 18.2 Å². The number of nitrogens with one attached hydrogen (secondary N) is 1. The third-order valence-corrected chi connectivity index (χ3v) is 5.43. The molecule has 1 aromatic carbocycles. The normalized spacial score (nSPS) is 16.9. The second-order valence-electron chi connectivity index (χ2n) is 4.29. The molecule has 1 aromatic rings. The molecule has 1 aliphatic heterocycles. The molecule has 110 valence electrons. The van der Waals surface area contributed by atoms with Gasteiger partial charge in [0.05, 0.1) is 17.7 Å². The molecule has 2 rings (SSSR count). The Morgan fingerprint density at radius 3 is 2.55 bits per heavy atom. The summed E-state index contributed by atoms with van der Waals surface area (Å²) in [5.74, 6) is -0.557. The number of hydrogen-bond acceptors (Lipinski definition) is 5. The highest BCUT2D eigenvalue weighted by Crippen LogP contribution is 2.26. The number of piperazine rings is 1. The number of carbonyl (C=O) groups is 1. The minimum absolute atomic E-state index is 0.00807. The van der Waals surface area contributed by atoms with Gasteiger partial charge in [0.2, 0.25) is 10.0 Å². The van der Waals surface area contributed by atoms with Gasteiger partial charge in [0.15, 0.2) is 0 Å². The van der Waals surface area contributed by atoms with Crippen molar-refractivity contribution in [3.05, 3.63) is 28.8 Å². The lowest BCUT2D eigenvalue weighted by molar-refractivity contribution is 0.0600. The van der Waals surface area contributed by atoms with Gasteiger partial charge in [-0.3, -0.25) is 0 Å². The summed E-state index contributed by atoms with van der Waals surface area (Å²) in [5.41, 5.74) is 0.219. The van der Waals surface area contributed by atoms with Crippen molar-refractivity contribution in [1.82, 2.24) is 9.62 Å². The van der Waals surface area contributed by atoms with Gasteiger partial charge in [-0.1, -0.05) is 11.6 Å². The van der Waals surface area contributed by atoms with Crippen molar-refractivity contribution in [2.75, 3.05) is 33.3 Å². The molecule has 1 saturated heterocycles.